The number of benzene rings is 2. The molecular weight excluding hydrogens is 234 g/mol. The van der Waals surface area contributed by atoms with Crippen LogP contribution >= 0.6 is 0 Å². The van der Waals surface area contributed by atoms with Crippen LogP contribution in [0.2, 0.25) is 0 Å². The molecule has 94 valence electrons. The Morgan fingerprint density at radius 2 is 1.63 bits per heavy atom. The Morgan fingerprint density at radius 3 is 2.37 bits per heavy atom. The maximum Gasteiger partial charge on any atom is 0.168 e. The van der Waals surface area contributed by atoms with Crippen LogP contribution in [0.1, 0.15) is 11.4 Å². The Labute approximate surface area is 112 Å². The zero-order valence-electron chi connectivity index (χ0n) is 11.0. The molecule has 0 saturated heterocycles. The van der Waals surface area contributed by atoms with Crippen LogP contribution in [0.25, 0.3) is 17.1 Å². The van der Waals surface area contributed by atoms with E-state index in [2.05, 4.69) is 52.0 Å². The first-order chi connectivity index (χ1) is 9.25. The summed E-state index contributed by atoms with van der Waals surface area (Å²) < 4.78 is 2.08. The maximum atomic E-state index is 4.32. The van der Waals surface area contributed by atoms with Crippen LogP contribution in [0.3, 0.4) is 0 Å². The molecule has 3 rings (SSSR count). The van der Waals surface area contributed by atoms with Crippen molar-refractivity contribution in [3.63, 3.8) is 0 Å². The van der Waals surface area contributed by atoms with Crippen molar-refractivity contribution in [3.8, 4) is 17.1 Å². The fraction of sp³-hybridized carbons (Fsp3) is 0.125. The van der Waals surface area contributed by atoms with Crippen molar-refractivity contribution >= 4 is 0 Å². The quantitative estimate of drug-likeness (QED) is 0.695. The third-order valence-corrected chi connectivity index (χ3v) is 3.12. The summed E-state index contributed by atoms with van der Waals surface area (Å²) in [7, 11) is 0. The van der Waals surface area contributed by atoms with Crippen molar-refractivity contribution in [2.24, 2.45) is 0 Å². The molecule has 0 bridgehead atoms. The third-order valence-electron chi connectivity index (χ3n) is 3.12. The van der Waals surface area contributed by atoms with Gasteiger partial charge in [0.15, 0.2) is 5.82 Å². The average Bonchev–Trinajstić information content (AvgIpc) is 2.82. The monoisotopic (exact) mass is 249 g/mol. The summed E-state index contributed by atoms with van der Waals surface area (Å²) in [6.07, 6.45) is 0. The topological polar surface area (TPSA) is 30.7 Å². The van der Waals surface area contributed by atoms with Crippen molar-refractivity contribution in [2.45, 2.75) is 13.8 Å². The molecule has 3 aromatic rings. The van der Waals surface area contributed by atoms with Gasteiger partial charge in [-0.3, -0.25) is 4.57 Å². The van der Waals surface area contributed by atoms with Gasteiger partial charge < -0.3 is 0 Å². The molecular formula is C16H15N3. The van der Waals surface area contributed by atoms with Gasteiger partial charge in [0.25, 0.3) is 0 Å². The lowest BCUT2D eigenvalue weighted by molar-refractivity contribution is 0.972. The maximum absolute atomic E-state index is 4.32. The van der Waals surface area contributed by atoms with Crippen LogP contribution in [0.4, 0.5) is 0 Å². The second kappa shape index (κ2) is 4.69. The van der Waals surface area contributed by atoms with E-state index in [4.69, 9.17) is 0 Å². The first-order valence-electron chi connectivity index (χ1n) is 6.30. The molecule has 0 radical (unpaired) electrons. The van der Waals surface area contributed by atoms with Gasteiger partial charge in [-0.1, -0.05) is 42.0 Å². The van der Waals surface area contributed by atoms with E-state index in [1.165, 1.54) is 5.56 Å². The predicted octanol–water partition coefficient (Wildman–Crippen LogP) is 3.55. The van der Waals surface area contributed by atoms with Crippen LogP contribution in [0.15, 0.2) is 54.6 Å². The molecule has 0 aliphatic rings. The van der Waals surface area contributed by atoms with Gasteiger partial charge in [0.2, 0.25) is 0 Å². The standard InChI is InChI=1S/C16H15N3/c1-12-7-6-8-14(11-12)16-18-17-13(2)19(16)15-9-4-3-5-10-15/h3-11H,1-2H3. The minimum atomic E-state index is 0.882. The largest absolute Gasteiger partial charge is 0.279 e. The molecule has 0 spiro atoms. The van der Waals surface area contributed by atoms with Gasteiger partial charge in [-0.2, -0.15) is 0 Å². The molecule has 0 fully saturated rings. The molecule has 0 unspecified atom stereocenters. The number of hydrogen-bond acceptors (Lipinski definition) is 2. The minimum absolute atomic E-state index is 0.882. The van der Waals surface area contributed by atoms with E-state index in [0.717, 1.165) is 22.9 Å². The molecule has 0 atom stereocenters. The van der Waals surface area contributed by atoms with Crippen LogP contribution in [0, 0.1) is 13.8 Å². The summed E-state index contributed by atoms with van der Waals surface area (Å²) in [5.41, 5.74) is 3.39. The van der Waals surface area contributed by atoms with Crippen LogP contribution < -0.4 is 0 Å². The highest BCUT2D eigenvalue weighted by Gasteiger charge is 2.12. The van der Waals surface area contributed by atoms with E-state index in [1.54, 1.807) is 0 Å². The summed E-state index contributed by atoms with van der Waals surface area (Å²) in [5, 5.41) is 8.53. The summed E-state index contributed by atoms with van der Waals surface area (Å²) >= 11 is 0. The molecule has 3 heteroatoms. The van der Waals surface area contributed by atoms with Crippen molar-refractivity contribution in [1.82, 2.24) is 14.8 Å². The summed E-state index contributed by atoms with van der Waals surface area (Å²) in [4.78, 5) is 0. The molecule has 2 aromatic carbocycles. The van der Waals surface area contributed by atoms with E-state index in [0.29, 0.717) is 0 Å². The molecule has 1 heterocycles. The lowest BCUT2D eigenvalue weighted by atomic mass is 10.1. The second-order valence-corrected chi connectivity index (χ2v) is 4.61. The normalized spacial score (nSPS) is 10.6. The molecule has 0 amide bonds. The van der Waals surface area contributed by atoms with E-state index < -0.39 is 0 Å². The Hall–Kier alpha value is -2.42. The molecule has 0 aliphatic heterocycles. The Balaban J connectivity index is 2.19. The van der Waals surface area contributed by atoms with Crippen molar-refractivity contribution in [1.29, 1.82) is 0 Å². The Morgan fingerprint density at radius 1 is 0.842 bits per heavy atom. The summed E-state index contributed by atoms with van der Waals surface area (Å²) in [5.74, 6) is 1.77. The zero-order chi connectivity index (χ0) is 13.2. The molecule has 0 N–H and O–H groups in total. The highest BCUT2D eigenvalue weighted by molar-refractivity contribution is 5.59. The van der Waals surface area contributed by atoms with E-state index >= 15 is 0 Å². The Kier molecular flexibility index (Phi) is 2.88. The van der Waals surface area contributed by atoms with Gasteiger partial charge in [-0.05, 0) is 32.0 Å². The van der Waals surface area contributed by atoms with E-state index in [-0.39, 0.29) is 0 Å². The number of nitrogens with zero attached hydrogens (tertiary/aromatic N) is 3. The third kappa shape index (κ3) is 2.15. The van der Waals surface area contributed by atoms with Gasteiger partial charge in [-0.25, -0.2) is 0 Å². The van der Waals surface area contributed by atoms with Crippen LogP contribution in [0.5, 0.6) is 0 Å². The first-order valence-corrected chi connectivity index (χ1v) is 6.30. The van der Waals surface area contributed by atoms with Gasteiger partial charge in [0.1, 0.15) is 5.82 Å². The van der Waals surface area contributed by atoms with E-state index in [1.807, 2.05) is 31.2 Å². The van der Waals surface area contributed by atoms with Crippen molar-refractivity contribution in [3.05, 3.63) is 66.0 Å². The second-order valence-electron chi connectivity index (χ2n) is 4.61. The van der Waals surface area contributed by atoms with Gasteiger partial charge in [0, 0.05) is 11.3 Å². The van der Waals surface area contributed by atoms with Crippen molar-refractivity contribution < 1.29 is 0 Å². The first kappa shape index (κ1) is 11.7. The summed E-state index contributed by atoms with van der Waals surface area (Å²) in [6.45, 7) is 4.05. The highest BCUT2D eigenvalue weighted by Crippen LogP contribution is 2.23. The van der Waals surface area contributed by atoms with Gasteiger partial charge >= 0.3 is 0 Å². The van der Waals surface area contributed by atoms with Crippen molar-refractivity contribution in [2.75, 3.05) is 0 Å². The number of hydrogen-bond donors (Lipinski definition) is 0. The SMILES string of the molecule is Cc1cccc(-c2nnc(C)n2-c2ccccc2)c1. The zero-order valence-corrected chi connectivity index (χ0v) is 11.0. The predicted molar refractivity (Wildman–Crippen MR) is 76.3 cm³/mol. The number of rotatable bonds is 2. The molecule has 3 nitrogen and oxygen atoms in total. The average molecular weight is 249 g/mol. The molecule has 0 aliphatic carbocycles. The molecule has 1 aromatic heterocycles. The number of para-hydroxylation sites is 1. The fourth-order valence-corrected chi connectivity index (χ4v) is 2.22. The number of aryl methyl sites for hydroxylation is 2. The smallest absolute Gasteiger partial charge is 0.168 e. The lowest BCUT2D eigenvalue weighted by Crippen LogP contribution is -1.99. The van der Waals surface area contributed by atoms with E-state index in [9.17, 15) is 0 Å². The van der Waals surface area contributed by atoms with Crippen LogP contribution in [-0.4, -0.2) is 14.8 Å². The van der Waals surface area contributed by atoms with Crippen LogP contribution in [-0.2, 0) is 0 Å². The fourth-order valence-electron chi connectivity index (χ4n) is 2.22. The minimum Gasteiger partial charge on any atom is -0.279 e. The Bertz CT molecular complexity index is 699. The molecule has 0 saturated carbocycles. The van der Waals surface area contributed by atoms with Gasteiger partial charge in [0.05, 0.1) is 0 Å². The number of aromatic nitrogens is 3. The lowest BCUT2D eigenvalue weighted by Gasteiger charge is -2.08. The highest BCUT2D eigenvalue weighted by atomic mass is 15.3. The molecule has 19 heavy (non-hydrogen) atoms. The van der Waals surface area contributed by atoms with Gasteiger partial charge in [-0.15, -0.1) is 10.2 Å². The summed E-state index contributed by atoms with van der Waals surface area (Å²) in [6, 6.07) is 18.5.